The maximum Gasteiger partial charge on any atom is 0.243 e. The lowest BCUT2D eigenvalue weighted by Gasteiger charge is -2.27. The van der Waals surface area contributed by atoms with E-state index >= 15 is 0 Å². The normalized spacial score (nSPS) is 19.6. The van der Waals surface area contributed by atoms with E-state index in [-0.39, 0.29) is 11.9 Å². The fraction of sp³-hybridized carbons (Fsp3) is 0.533. The van der Waals surface area contributed by atoms with Gasteiger partial charge in [0.05, 0.1) is 6.04 Å². The van der Waals surface area contributed by atoms with E-state index in [1.165, 1.54) is 17.5 Å². The van der Waals surface area contributed by atoms with Crippen LogP contribution in [0, 0.1) is 13.8 Å². The zero-order chi connectivity index (χ0) is 13.1. The van der Waals surface area contributed by atoms with Gasteiger partial charge >= 0.3 is 0 Å². The molecule has 0 unspecified atom stereocenters. The summed E-state index contributed by atoms with van der Waals surface area (Å²) < 4.78 is 0. The first-order valence-electron chi connectivity index (χ1n) is 6.67. The maximum atomic E-state index is 12.4. The van der Waals surface area contributed by atoms with Gasteiger partial charge in [0.2, 0.25) is 5.91 Å². The smallest absolute Gasteiger partial charge is 0.243 e. The van der Waals surface area contributed by atoms with Crippen LogP contribution in [0.25, 0.3) is 0 Å². The van der Waals surface area contributed by atoms with Crippen molar-refractivity contribution in [3.8, 4) is 0 Å². The molecule has 0 bridgehead atoms. The summed E-state index contributed by atoms with van der Waals surface area (Å²) in [6, 6.07) is 6.24. The first-order chi connectivity index (χ1) is 8.58. The molecule has 1 fully saturated rings. The summed E-state index contributed by atoms with van der Waals surface area (Å²) in [7, 11) is 1.87. The largest absolute Gasteiger partial charge is 0.314 e. The lowest BCUT2D eigenvalue weighted by Crippen LogP contribution is -2.47. The molecular formula is C15H22N2O. The molecule has 1 aromatic rings. The van der Waals surface area contributed by atoms with Gasteiger partial charge in [-0.2, -0.15) is 0 Å². The molecule has 2 rings (SSSR count). The predicted molar refractivity (Wildman–Crippen MR) is 75.0 cm³/mol. The number of aryl methyl sites for hydroxylation is 2. The second-order valence-corrected chi connectivity index (χ2v) is 5.25. The minimum absolute atomic E-state index is 0.00966. The van der Waals surface area contributed by atoms with Crippen molar-refractivity contribution in [3.05, 3.63) is 29.3 Å². The molecule has 1 N–H and O–H groups in total. The van der Waals surface area contributed by atoms with Gasteiger partial charge in [0, 0.05) is 12.7 Å². The Morgan fingerprint density at radius 1 is 1.22 bits per heavy atom. The Hall–Kier alpha value is -1.35. The van der Waals surface area contributed by atoms with Gasteiger partial charge in [-0.25, -0.2) is 0 Å². The Balaban J connectivity index is 2.14. The summed E-state index contributed by atoms with van der Waals surface area (Å²) in [5, 5.41) is 3.31. The number of piperidine rings is 1. The highest BCUT2D eigenvalue weighted by atomic mass is 16.2. The highest BCUT2D eigenvalue weighted by Gasteiger charge is 2.24. The number of benzene rings is 1. The second-order valence-electron chi connectivity index (χ2n) is 5.25. The van der Waals surface area contributed by atoms with Crippen molar-refractivity contribution in [3.63, 3.8) is 0 Å². The number of nitrogens with zero attached hydrogens (tertiary/aromatic N) is 1. The highest BCUT2D eigenvalue weighted by molar-refractivity contribution is 5.96. The van der Waals surface area contributed by atoms with Crippen molar-refractivity contribution in [2.45, 2.75) is 39.2 Å². The summed E-state index contributed by atoms with van der Waals surface area (Å²) in [6.45, 7) is 5.08. The molecule has 18 heavy (non-hydrogen) atoms. The quantitative estimate of drug-likeness (QED) is 0.869. The fourth-order valence-corrected chi connectivity index (χ4v) is 2.57. The number of likely N-dealkylation sites (N-methyl/N-ethyl adjacent to an activating group) is 1. The third kappa shape index (κ3) is 2.91. The van der Waals surface area contributed by atoms with E-state index in [0.29, 0.717) is 0 Å². The first-order valence-corrected chi connectivity index (χ1v) is 6.67. The number of nitrogens with one attached hydrogen (secondary N) is 1. The molecule has 0 spiro atoms. The van der Waals surface area contributed by atoms with Crippen molar-refractivity contribution in [1.29, 1.82) is 0 Å². The number of amides is 1. The number of hydrogen-bond donors (Lipinski definition) is 1. The lowest BCUT2D eigenvalue weighted by molar-refractivity contribution is -0.120. The van der Waals surface area contributed by atoms with E-state index < -0.39 is 0 Å². The van der Waals surface area contributed by atoms with Crippen molar-refractivity contribution >= 4 is 11.6 Å². The van der Waals surface area contributed by atoms with Crippen molar-refractivity contribution in [1.82, 2.24) is 5.32 Å². The number of hydrogen-bond acceptors (Lipinski definition) is 2. The van der Waals surface area contributed by atoms with E-state index in [1.54, 1.807) is 4.90 Å². The molecule has 1 amide bonds. The monoisotopic (exact) mass is 246 g/mol. The Morgan fingerprint density at radius 3 is 2.44 bits per heavy atom. The molecule has 1 aliphatic rings. The molecule has 0 aliphatic carbocycles. The number of anilines is 1. The summed E-state index contributed by atoms with van der Waals surface area (Å²) in [6.07, 6.45) is 3.27. The lowest BCUT2D eigenvalue weighted by atomic mass is 10.0. The van der Waals surface area contributed by atoms with Gasteiger partial charge in [-0.05, 0) is 56.5 Å². The first kappa shape index (κ1) is 13.1. The maximum absolute atomic E-state index is 12.4. The van der Waals surface area contributed by atoms with E-state index in [1.807, 2.05) is 7.05 Å². The summed E-state index contributed by atoms with van der Waals surface area (Å²) in [4.78, 5) is 14.2. The topological polar surface area (TPSA) is 32.3 Å². The number of rotatable bonds is 2. The van der Waals surface area contributed by atoms with Crippen molar-refractivity contribution < 1.29 is 4.79 Å². The average molecular weight is 246 g/mol. The van der Waals surface area contributed by atoms with Crippen LogP contribution < -0.4 is 10.2 Å². The SMILES string of the molecule is Cc1cc(C)cc(N(C)C(=O)[C@H]2CCCCN2)c1. The van der Waals surface area contributed by atoms with Gasteiger partial charge < -0.3 is 10.2 Å². The van der Waals surface area contributed by atoms with Gasteiger partial charge in [-0.3, -0.25) is 4.79 Å². The van der Waals surface area contributed by atoms with Crippen LogP contribution in [0.3, 0.4) is 0 Å². The molecule has 1 heterocycles. The molecule has 0 aromatic heterocycles. The summed E-state index contributed by atoms with van der Waals surface area (Å²) in [5.74, 6) is 0.180. The zero-order valence-electron chi connectivity index (χ0n) is 11.5. The zero-order valence-corrected chi connectivity index (χ0v) is 11.5. The van der Waals surface area contributed by atoms with Crippen molar-refractivity contribution in [2.24, 2.45) is 0 Å². The Bertz CT molecular complexity index is 416. The molecule has 3 nitrogen and oxygen atoms in total. The van der Waals surface area contributed by atoms with E-state index in [4.69, 9.17) is 0 Å². The van der Waals surface area contributed by atoms with Crippen molar-refractivity contribution in [2.75, 3.05) is 18.5 Å². The molecule has 1 aliphatic heterocycles. The highest BCUT2D eigenvalue weighted by Crippen LogP contribution is 2.19. The van der Waals surface area contributed by atoms with Crippen LogP contribution >= 0.6 is 0 Å². The predicted octanol–water partition coefficient (Wildman–Crippen LogP) is 2.41. The number of carbonyl (C=O) groups is 1. The Kier molecular flexibility index (Phi) is 4.02. The van der Waals surface area contributed by atoms with Crippen LogP contribution in [0.2, 0.25) is 0 Å². The second kappa shape index (κ2) is 5.53. The third-order valence-corrected chi connectivity index (χ3v) is 3.53. The molecule has 1 atom stereocenters. The average Bonchev–Trinajstić information content (AvgIpc) is 2.37. The molecule has 1 saturated heterocycles. The molecular weight excluding hydrogens is 224 g/mol. The fourth-order valence-electron chi connectivity index (χ4n) is 2.57. The summed E-state index contributed by atoms with van der Waals surface area (Å²) >= 11 is 0. The van der Waals surface area contributed by atoms with Gasteiger partial charge in [-0.15, -0.1) is 0 Å². The van der Waals surface area contributed by atoms with Crippen LogP contribution in [-0.4, -0.2) is 25.5 Å². The number of carbonyl (C=O) groups excluding carboxylic acids is 1. The minimum atomic E-state index is -0.00966. The Labute approximate surface area is 109 Å². The third-order valence-electron chi connectivity index (χ3n) is 3.53. The van der Waals surface area contributed by atoms with Crippen LogP contribution in [0.1, 0.15) is 30.4 Å². The van der Waals surface area contributed by atoms with E-state index in [0.717, 1.165) is 25.1 Å². The Morgan fingerprint density at radius 2 is 1.89 bits per heavy atom. The molecule has 3 heteroatoms. The van der Waals surface area contributed by atoms with Gasteiger partial charge in [0.25, 0.3) is 0 Å². The minimum Gasteiger partial charge on any atom is -0.314 e. The van der Waals surface area contributed by atoms with Gasteiger partial charge in [0.1, 0.15) is 0 Å². The molecule has 98 valence electrons. The molecule has 0 saturated carbocycles. The molecule has 1 aromatic carbocycles. The van der Waals surface area contributed by atoms with Crippen LogP contribution in [-0.2, 0) is 4.79 Å². The van der Waals surface area contributed by atoms with Gasteiger partial charge in [-0.1, -0.05) is 12.5 Å². The van der Waals surface area contributed by atoms with Crippen LogP contribution in [0.15, 0.2) is 18.2 Å². The van der Waals surface area contributed by atoms with Gasteiger partial charge in [0.15, 0.2) is 0 Å². The van der Waals surface area contributed by atoms with E-state index in [9.17, 15) is 4.79 Å². The molecule has 0 radical (unpaired) electrons. The standard InChI is InChI=1S/C15H22N2O/c1-11-8-12(2)10-13(9-11)17(3)15(18)14-6-4-5-7-16-14/h8-10,14,16H,4-7H2,1-3H3/t14-/m1/s1. The van der Waals surface area contributed by atoms with Crippen LogP contribution in [0.4, 0.5) is 5.69 Å². The summed E-state index contributed by atoms with van der Waals surface area (Å²) in [5.41, 5.74) is 3.38. The van der Waals surface area contributed by atoms with E-state index in [2.05, 4.69) is 37.4 Å². The van der Waals surface area contributed by atoms with Crippen LogP contribution in [0.5, 0.6) is 0 Å².